The van der Waals surface area contributed by atoms with Crippen molar-refractivity contribution < 1.29 is 8.42 Å². The molecule has 1 atom stereocenters. The summed E-state index contributed by atoms with van der Waals surface area (Å²) < 4.78 is 27.3. The zero-order valence-electron chi connectivity index (χ0n) is 12.5. The van der Waals surface area contributed by atoms with Gasteiger partial charge in [-0.25, -0.2) is 13.1 Å². The van der Waals surface area contributed by atoms with Gasteiger partial charge in [0.1, 0.15) is 0 Å². The van der Waals surface area contributed by atoms with Crippen LogP contribution in [0.3, 0.4) is 0 Å². The van der Waals surface area contributed by atoms with Crippen molar-refractivity contribution in [2.24, 2.45) is 11.7 Å². The number of sulfonamides is 1. The fourth-order valence-electron chi connectivity index (χ4n) is 2.06. The zero-order chi connectivity index (χ0) is 15.3. The van der Waals surface area contributed by atoms with E-state index >= 15 is 0 Å². The summed E-state index contributed by atoms with van der Waals surface area (Å²) in [5.74, 6) is 0.355. The highest BCUT2D eigenvalue weighted by Crippen LogP contribution is 2.17. The standard InChI is InChI=1S/C14H21N3O2S.ClH/c1-10(2)6-13(9-16)17-20(18,19)14-5-4-12(8-15)7-11(14)3;/h4-5,7,10,13,17H,6,9,16H2,1-3H3;1H. The smallest absolute Gasteiger partial charge is 0.241 e. The van der Waals surface area contributed by atoms with Gasteiger partial charge in [0.05, 0.1) is 16.5 Å². The predicted molar refractivity (Wildman–Crippen MR) is 85.8 cm³/mol. The maximum atomic E-state index is 12.4. The average Bonchev–Trinajstić information content (AvgIpc) is 2.36. The first kappa shape index (κ1) is 19.9. The molecule has 0 radical (unpaired) electrons. The molecule has 5 nitrogen and oxygen atoms in total. The Morgan fingerprint density at radius 3 is 2.43 bits per heavy atom. The van der Waals surface area contributed by atoms with Gasteiger partial charge in [0.2, 0.25) is 10.0 Å². The van der Waals surface area contributed by atoms with E-state index in [1.54, 1.807) is 13.0 Å². The third kappa shape index (κ3) is 5.64. The maximum Gasteiger partial charge on any atom is 0.241 e. The molecule has 0 saturated heterocycles. The molecular formula is C14H22ClN3O2S. The van der Waals surface area contributed by atoms with Gasteiger partial charge in [-0.15, -0.1) is 12.4 Å². The summed E-state index contributed by atoms with van der Waals surface area (Å²) in [6, 6.07) is 6.23. The molecule has 1 aromatic rings. The van der Waals surface area contributed by atoms with Gasteiger partial charge in [0, 0.05) is 12.6 Å². The van der Waals surface area contributed by atoms with Crippen molar-refractivity contribution in [3.63, 3.8) is 0 Å². The fraction of sp³-hybridized carbons (Fsp3) is 0.500. The predicted octanol–water partition coefficient (Wildman–Crippen LogP) is 1.94. The number of nitrogens with zero attached hydrogens (tertiary/aromatic N) is 1. The van der Waals surface area contributed by atoms with E-state index in [4.69, 9.17) is 11.0 Å². The van der Waals surface area contributed by atoms with Crippen LogP contribution in [0.1, 0.15) is 31.4 Å². The Morgan fingerprint density at radius 2 is 2.00 bits per heavy atom. The number of hydrogen-bond donors (Lipinski definition) is 2. The average molecular weight is 332 g/mol. The number of halogens is 1. The van der Waals surface area contributed by atoms with Crippen LogP contribution in [0.5, 0.6) is 0 Å². The minimum absolute atomic E-state index is 0. The topological polar surface area (TPSA) is 96.0 Å². The summed E-state index contributed by atoms with van der Waals surface area (Å²) in [7, 11) is -3.61. The quantitative estimate of drug-likeness (QED) is 0.832. The van der Waals surface area contributed by atoms with Crippen LogP contribution in [0, 0.1) is 24.2 Å². The summed E-state index contributed by atoms with van der Waals surface area (Å²) in [6.07, 6.45) is 0.686. The number of hydrogen-bond acceptors (Lipinski definition) is 4. The third-order valence-corrected chi connectivity index (χ3v) is 4.64. The van der Waals surface area contributed by atoms with E-state index in [9.17, 15) is 8.42 Å². The Bertz CT molecular complexity index is 609. The lowest BCUT2D eigenvalue weighted by molar-refractivity contribution is 0.465. The Morgan fingerprint density at radius 1 is 1.38 bits per heavy atom. The first-order valence-corrected chi connectivity index (χ1v) is 8.01. The Labute approximate surface area is 133 Å². The molecule has 0 aromatic heterocycles. The minimum atomic E-state index is -3.61. The fourth-order valence-corrected chi connectivity index (χ4v) is 3.55. The second-order valence-electron chi connectivity index (χ2n) is 5.28. The van der Waals surface area contributed by atoms with E-state index in [0.717, 1.165) is 0 Å². The lowest BCUT2D eigenvalue weighted by atomic mass is 10.1. The van der Waals surface area contributed by atoms with Crippen LogP contribution in [-0.4, -0.2) is 21.0 Å². The number of nitrogens with one attached hydrogen (secondary N) is 1. The molecular weight excluding hydrogens is 310 g/mol. The summed E-state index contributed by atoms with van der Waals surface area (Å²) in [4.78, 5) is 0.193. The van der Waals surface area contributed by atoms with Gasteiger partial charge in [0.15, 0.2) is 0 Å². The van der Waals surface area contributed by atoms with Crippen LogP contribution in [0.4, 0.5) is 0 Å². The van der Waals surface area contributed by atoms with Crippen LogP contribution >= 0.6 is 12.4 Å². The number of rotatable bonds is 6. The van der Waals surface area contributed by atoms with Gasteiger partial charge < -0.3 is 5.73 Å². The Hall–Kier alpha value is -1.13. The molecule has 7 heteroatoms. The van der Waals surface area contributed by atoms with Crippen LogP contribution in [0.25, 0.3) is 0 Å². The van der Waals surface area contributed by atoms with E-state index in [-0.39, 0.29) is 29.9 Å². The number of benzene rings is 1. The van der Waals surface area contributed by atoms with Crippen LogP contribution in [-0.2, 0) is 10.0 Å². The van der Waals surface area contributed by atoms with Crippen molar-refractivity contribution in [2.75, 3.05) is 6.54 Å². The third-order valence-electron chi connectivity index (χ3n) is 2.96. The van der Waals surface area contributed by atoms with Gasteiger partial charge in [-0.2, -0.15) is 5.26 Å². The molecule has 0 heterocycles. The first-order valence-electron chi connectivity index (χ1n) is 6.53. The van der Waals surface area contributed by atoms with Gasteiger partial charge >= 0.3 is 0 Å². The molecule has 0 saturated carbocycles. The van der Waals surface area contributed by atoms with E-state index in [0.29, 0.717) is 23.5 Å². The van der Waals surface area contributed by atoms with Crippen molar-refractivity contribution in [1.29, 1.82) is 5.26 Å². The second-order valence-corrected chi connectivity index (χ2v) is 6.96. The van der Waals surface area contributed by atoms with Gasteiger partial charge in [-0.05, 0) is 43.0 Å². The lowest BCUT2D eigenvalue weighted by Gasteiger charge is -2.19. The number of nitriles is 1. The first-order chi connectivity index (χ1) is 9.30. The van der Waals surface area contributed by atoms with E-state index in [2.05, 4.69) is 4.72 Å². The van der Waals surface area contributed by atoms with Crippen molar-refractivity contribution >= 4 is 22.4 Å². The second kappa shape index (κ2) is 8.35. The molecule has 0 aliphatic carbocycles. The summed E-state index contributed by atoms with van der Waals surface area (Å²) in [6.45, 7) is 5.97. The molecule has 21 heavy (non-hydrogen) atoms. The lowest BCUT2D eigenvalue weighted by Crippen LogP contribution is -2.41. The van der Waals surface area contributed by atoms with Crippen molar-refractivity contribution in [3.8, 4) is 6.07 Å². The molecule has 118 valence electrons. The highest BCUT2D eigenvalue weighted by Gasteiger charge is 2.21. The minimum Gasteiger partial charge on any atom is -0.329 e. The summed E-state index contributed by atoms with van der Waals surface area (Å²) in [5, 5.41) is 8.81. The molecule has 0 amide bonds. The molecule has 0 aliphatic rings. The molecule has 0 bridgehead atoms. The molecule has 0 fully saturated rings. The monoisotopic (exact) mass is 331 g/mol. The van der Waals surface area contributed by atoms with Crippen molar-refractivity contribution in [1.82, 2.24) is 4.72 Å². The molecule has 3 N–H and O–H groups in total. The van der Waals surface area contributed by atoms with E-state index in [1.807, 2.05) is 19.9 Å². The SMILES string of the molecule is Cc1cc(C#N)ccc1S(=O)(=O)NC(CN)CC(C)C.Cl. The molecule has 1 unspecified atom stereocenters. The van der Waals surface area contributed by atoms with Crippen molar-refractivity contribution in [3.05, 3.63) is 29.3 Å². The molecule has 1 rings (SSSR count). The zero-order valence-corrected chi connectivity index (χ0v) is 14.1. The normalized spacial score (nSPS) is 12.6. The van der Waals surface area contributed by atoms with Gasteiger partial charge in [-0.3, -0.25) is 0 Å². The highest BCUT2D eigenvalue weighted by atomic mass is 35.5. The number of nitrogens with two attached hydrogens (primary N) is 1. The van der Waals surface area contributed by atoms with Gasteiger partial charge in [-0.1, -0.05) is 13.8 Å². The van der Waals surface area contributed by atoms with Crippen LogP contribution < -0.4 is 10.5 Å². The van der Waals surface area contributed by atoms with E-state index in [1.165, 1.54) is 12.1 Å². The Kier molecular flexibility index (Phi) is 7.90. The van der Waals surface area contributed by atoms with Gasteiger partial charge in [0.25, 0.3) is 0 Å². The number of aryl methyl sites for hydroxylation is 1. The van der Waals surface area contributed by atoms with Crippen molar-refractivity contribution in [2.45, 2.75) is 38.1 Å². The van der Waals surface area contributed by atoms with Crippen LogP contribution in [0.15, 0.2) is 23.1 Å². The largest absolute Gasteiger partial charge is 0.329 e. The molecule has 1 aromatic carbocycles. The highest BCUT2D eigenvalue weighted by molar-refractivity contribution is 7.89. The maximum absolute atomic E-state index is 12.4. The molecule has 0 aliphatic heterocycles. The van der Waals surface area contributed by atoms with E-state index < -0.39 is 10.0 Å². The summed E-state index contributed by atoms with van der Waals surface area (Å²) >= 11 is 0. The summed E-state index contributed by atoms with van der Waals surface area (Å²) in [5.41, 5.74) is 6.62. The molecule has 0 spiro atoms. The van der Waals surface area contributed by atoms with Crippen LogP contribution in [0.2, 0.25) is 0 Å². The Balaban J connectivity index is 0.00000400.